The third-order valence-electron chi connectivity index (χ3n) is 5.45. The average Bonchev–Trinajstić information content (AvgIpc) is 2.92. The fourth-order valence-electron chi connectivity index (χ4n) is 3.43. The summed E-state index contributed by atoms with van der Waals surface area (Å²) in [4.78, 5) is 0. The number of benzene rings is 2. The van der Waals surface area contributed by atoms with Crippen molar-refractivity contribution in [1.29, 1.82) is 0 Å². The van der Waals surface area contributed by atoms with Crippen LogP contribution in [0.2, 0.25) is 0 Å². The van der Waals surface area contributed by atoms with E-state index >= 15 is 0 Å². The molecule has 130 valence electrons. The van der Waals surface area contributed by atoms with Crippen LogP contribution in [0, 0.1) is 0 Å². The molecule has 0 saturated carbocycles. The molecule has 3 nitrogen and oxygen atoms in total. The van der Waals surface area contributed by atoms with Gasteiger partial charge in [0.05, 0.1) is 0 Å². The molecule has 0 aromatic heterocycles. The van der Waals surface area contributed by atoms with Crippen LogP contribution < -0.4 is 19.5 Å². The molecule has 1 aliphatic rings. The Labute approximate surface area is 145 Å². The predicted octanol–water partition coefficient (Wildman–Crippen LogP) is 4.52. The summed E-state index contributed by atoms with van der Waals surface area (Å²) in [5.41, 5.74) is 2.20. The molecule has 0 spiro atoms. The first-order valence-corrected chi connectivity index (χ1v) is 11.0. The summed E-state index contributed by atoms with van der Waals surface area (Å²) in [6.07, 6.45) is 0.820. The van der Waals surface area contributed by atoms with Crippen LogP contribution in [0.5, 0.6) is 17.2 Å². The molecule has 2 aromatic carbocycles. The Balaban J connectivity index is 2.33. The van der Waals surface area contributed by atoms with Gasteiger partial charge in [0, 0.05) is 0 Å². The van der Waals surface area contributed by atoms with Crippen molar-refractivity contribution in [3.8, 4) is 28.4 Å². The van der Waals surface area contributed by atoms with Gasteiger partial charge >= 0.3 is 145 Å². The van der Waals surface area contributed by atoms with Gasteiger partial charge in [-0.15, -0.1) is 0 Å². The maximum atomic E-state index is 6.13. The predicted molar refractivity (Wildman–Crippen MR) is 104 cm³/mol. The molecule has 4 heteroatoms. The van der Waals surface area contributed by atoms with Crippen LogP contribution in [0.15, 0.2) is 36.4 Å². The summed E-state index contributed by atoms with van der Waals surface area (Å²) in [6, 6.07) is 12.3. The van der Waals surface area contributed by atoms with Crippen LogP contribution in [0.25, 0.3) is 11.1 Å². The Morgan fingerprint density at radius 1 is 0.958 bits per heavy atom. The van der Waals surface area contributed by atoms with Crippen molar-refractivity contribution >= 4 is 12.6 Å². The topological polar surface area (TPSA) is 27.7 Å². The quantitative estimate of drug-likeness (QED) is 0.765. The van der Waals surface area contributed by atoms with E-state index in [1.807, 2.05) is 18.2 Å². The maximum absolute atomic E-state index is 6.13. The number of hydrogen-bond donors (Lipinski definition) is 0. The van der Waals surface area contributed by atoms with E-state index in [0.29, 0.717) is 0 Å². The van der Waals surface area contributed by atoms with E-state index in [9.17, 15) is 0 Å². The normalized spacial score (nSPS) is 16.9. The van der Waals surface area contributed by atoms with Gasteiger partial charge in [0.25, 0.3) is 0 Å². The molecule has 0 unspecified atom stereocenters. The van der Waals surface area contributed by atoms with Crippen LogP contribution in [0.3, 0.4) is 0 Å². The van der Waals surface area contributed by atoms with E-state index in [2.05, 4.69) is 45.6 Å². The summed E-state index contributed by atoms with van der Waals surface area (Å²) in [5.74, 6) is 2.68. The molecule has 2 aromatic rings. The molecule has 24 heavy (non-hydrogen) atoms. The van der Waals surface area contributed by atoms with Crippen LogP contribution in [-0.2, 0) is 0 Å². The van der Waals surface area contributed by atoms with E-state index in [-0.39, 0.29) is 5.16 Å². The van der Waals surface area contributed by atoms with Gasteiger partial charge in [-0.05, 0) is 0 Å². The van der Waals surface area contributed by atoms with Gasteiger partial charge in [0.15, 0.2) is 0 Å². The van der Waals surface area contributed by atoms with Gasteiger partial charge in [-0.3, -0.25) is 0 Å². The van der Waals surface area contributed by atoms with Crippen LogP contribution >= 0.6 is 7.26 Å². The first kappa shape index (κ1) is 17.1. The summed E-state index contributed by atoms with van der Waals surface area (Å²) >= 11 is 0. The molecule has 0 fully saturated rings. The standard InChI is InChI=1S/C20H27O3P/c1-20(2,3)24(6)13-23-17-12-7-9-14(19(17)24)18-15(21-4)10-8-11-16(18)22-5/h7-12,24H,13H2,1-6H3. The molecule has 0 saturated heterocycles. The zero-order valence-electron chi connectivity index (χ0n) is 15.4. The van der Waals surface area contributed by atoms with Gasteiger partial charge in [-0.1, -0.05) is 0 Å². The summed E-state index contributed by atoms with van der Waals surface area (Å²) in [5, 5.41) is 1.57. The Morgan fingerprint density at radius 3 is 2.08 bits per heavy atom. The van der Waals surface area contributed by atoms with Crippen molar-refractivity contribution in [2.24, 2.45) is 0 Å². The molecule has 0 atom stereocenters. The first-order valence-electron chi connectivity index (χ1n) is 8.31. The number of rotatable bonds is 3. The van der Waals surface area contributed by atoms with E-state index in [0.717, 1.165) is 29.2 Å². The monoisotopic (exact) mass is 346 g/mol. The molecule has 1 aliphatic heterocycles. The van der Waals surface area contributed by atoms with E-state index < -0.39 is 7.26 Å². The molecule has 1 heterocycles. The number of hydrogen-bond acceptors (Lipinski definition) is 3. The minimum atomic E-state index is -1.84. The molecular formula is C20H27O3P. The minimum absolute atomic E-state index is 0.198. The van der Waals surface area contributed by atoms with Crippen molar-refractivity contribution in [1.82, 2.24) is 0 Å². The Kier molecular flexibility index (Phi) is 4.25. The fraction of sp³-hybridized carbons (Fsp3) is 0.400. The molecular weight excluding hydrogens is 319 g/mol. The van der Waals surface area contributed by atoms with Gasteiger partial charge in [-0.25, -0.2) is 0 Å². The fourth-order valence-corrected chi connectivity index (χ4v) is 6.70. The number of methoxy groups -OCH3 is 2. The number of fused-ring (bicyclic) bond motifs is 1. The Bertz CT molecular complexity index is 742. The Morgan fingerprint density at radius 2 is 1.54 bits per heavy atom. The SMILES string of the molecule is COc1cccc(OC)c1-c1cccc2c1[PH](C)(C(C)(C)C)CO2. The third-order valence-corrected chi connectivity index (χ3v) is 11.1. The molecule has 0 amide bonds. The zero-order chi connectivity index (χ0) is 17.5. The van der Waals surface area contributed by atoms with E-state index in [1.54, 1.807) is 14.2 Å². The second-order valence-electron chi connectivity index (χ2n) is 7.59. The van der Waals surface area contributed by atoms with Gasteiger partial charge in [-0.2, -0.15) is 0 Å². The van der Waals surface area contributed by atoms with Crippen molar-refractivity contribution in [2.45, 2.75) is 25.9 Å². The van der Waals surface area contributed by atoms with Crippen molar-refractivity contribution in [2.75, 3.05) is 27.2 Å². The molecule has 3 rings (SSSR count). The van der Waals surface area contributed by atoms with Crippen LogP contribution in [-0.4, -0.2) is 32.4 Å². The zero-order valence-corrected chi connectivity index (χ0v) is 16.4. The van der Waals surface area contributed by atoms with E-state index in [4.69, 9.17) is 14.2 Å². The van der Waals surface area contributed by atoms with Gasteiger partial charge in [0.1, 0.15) is 0 Å². The molecule has 0 aliphatic carbocycles. The first-order chi connectivity index (χ1) is 11.3. The van der Waals surface area contributed by atoms with Crippen LogP contribution in [0.1, 0.15) is 20.8 Å². The average molecular weight is 346 g/mol. The van der Waals surface area contributed by atoms with Crippen molar-refractivity contribution < 1.29 is 14.2 Å². The third kappa shape index (κ3) is 2.46. The summed E-state index contributed by atoms with van der Waals surface area (Å²) < 4.78 is 17.4. The molecule has 0 bridgehead atoms. The van der Waals surface area contributed by atoms with Gasteiger partial charge < -0.3 is 0 Å². The van der Waals surface area contributed by atoms with Crippen molar-refractivity contribution in [3.63, 3.8) is 0 Å². The molecule has 0 N–H and O–H groups in total. The second kappa shape index (κ2) is 5.97. The van der Waals surface area contributed by atoms with E-state index in [1.165, 1.54) is 10.9 Å². The summed E-state index contributed by atoms with van der Waals surface area (Å²) in [6.45, 7) is 9.40. The van der Waals surface area contributed by atoms with Gasteiger partial charge in [0.2, 0.25) is 0 Å². The Hall–Kier alpha value is -1.73. The van der Waals surface area contributed by atoms with Crippen LogP contribution in [0.4, 0.5) is 0 Å². The molecule has 0 radical (unpaired) electrons. The second-order valence-corrected chi connectivity index (χ2v) is 12.5. The van der Waals surface area contributed by atoms with Crippen molar-refractivity contribution in [3.05, 3.63) is 36.4 Å². The number of ether oxygens (including phenoxy) is 3. The summed E-state index contributed by atoms with van der Waals surface area (Å²) in [7, 11) is 1.57.